The third kappa shape index (κ3) is 7.98. The summed E-state index contributed by atoms with van der Waals surface area (Å²) in [6, 6.07) is 24.1. The van der Waals surface area contributed by atoms with Crippen LogP contribution in [0.4, 0.5) is 0 Å². The van der Waals surface area contributed by atoms with E-state index in [0.717, 1.165) is 24.2 Å². The van der Waals surface area contributed by atoms with E-state index in [2.05, 4.69) is 55.3 Å². The Labute approximate surface area is 219 Å². The van der Waals surface area contributed by atoms with Crippen LogP contribution < -0.4 is 11.1 Å². The molecule has 0 saturated carbocycles. The van der Waals surface area contributed by atoms with Gasteiger partial charge in [0.05, 0.1) is 0 Å². The second kappa shape index (κ2) is 13.3. The maximum atomic E-state index is 13.2. The van der Waals surface area contributed by atoms with E-state index in [1.54, 1.807) is 12.1 Å². The van der Waals surface area contributed by atoms with E-state index < -0.39 is 23.6 Å². The quantitative estimate of drug-likeness (QED) is 0.285. The van der Waals surface area contributed by atoms with Crippen LogP contribution in [0.2, 0.25) is 0 Å². The Bertz CT molecular complexity index is 1230. The minimum absolute atomic E-state index is 0.172. The minimum Gasteiger partial charge on any atom is -0.363 e. The number of benzene rings is 3. The molecule has 0 bridgehead atoms. The van der Waals surface area contributed by atoms with Gasteiger partial charge in [-0.25, -0.2) is 0 Å². The molecule has 0 fully saturated rings. The SMILES string of the molecule is CCN(Cc1ccc(/C=C/c2ccccc2C(=O)NC(Cc2ccccc2)C(=O)C(N)=O)cc1)C(C)C. The second-order valence-corrected chi connectivity index (χ2v) is 9.26. The van der Waals surface area contributed by atoms with Gasteiger partial charge in [-0.15, -0.1) is 0 Å². The number of ketones is 1. The van der Waals surface area contributed by atoms with E-state index in [4.69, 9.17) is 5.73 Å². The highest BCUT2D eigenvalue weighted by molar-refractivity contribution is 6.38. The smallest absolute Gasteiger partial charge is 0.287 e. The van der Waals surface area contributed by atoms with E-state index >= 15 is 0 Å². The summed E-state index contributed by atoms with van der Waals surface area (Å²) in [7, 11) is 0. The molecule has 3 N–H and O–H groups in total. The van der Waals surface area contributed by atoms with Gasteiger partial charge in [0.15, 0.2) is 0 Å². The first-order valence-corrected chi connectivity index (χ1v) is 12.6. The molecule has 6 heteroatoms. The van der Waals surface area contributed by atoms with E-state index in [9.17, 15) is 14.4 Å². The maximum absolute atomic E-state index is 13.2. The molecule has 37 heavy (non-hydrogen) atoms. The number of carbonyl (C=O) groups is 3. The molecule has 0 aliphatic carbocycles. The number of Topliss-reactive ketones (excluding diaryl/α,β-unsaturated/α-hetero) is 1. The van der Waals surface area contributed by atoms with Crippen LogP contribution in [0.1, 0.15) is 53.4 Å². The standard InChI is InChI=1S/C31H35N3O3/c1-4-34(22(2)3)21-25-16-14-23(15-17-25)18-19-26-12-8-9-13-27(26)31(37)33-28(29(35)30(32)36)20-24-10-6-5-7-11-24/h5-19,22,28H,4,20-21H2,1-3H3,(H2,32,36)(H,33,37)/b19-18+. The van der Waals surface area contributed by atoms with Crippen LogP contribution in [-0.4, -0.2) is 41.1 Å². The maximum Gasteiger partial charge on any atom is 0.287 e. The number of nitrogens with two attached hydrogens (primary N) is 1. The summed E-state index contributed by atoms with van der Waals surface area (Å²) < 4.78 is 0. The molecule has 0 radical (unpaired) electrons. The molecule has 2 amide bonds. The van der Waals surface area contributed by atoms with Crippen molar-refractivity contribution in [3.63, 3.8) is 0 Å². The fourth-order valence-corrected chi connectivity index (χ4v) is 4.13. The van der Waals surface area contributed by atoms with E-state index in [1.165, 1.54) is 5.56 Å². The van der Waals surface area contributed by atoms with Crippen LogP contribution in [-0.2, 0) is 22.6 Å². The van der Waals surface area contributed by atoms with Crippen LogP contribution >= 0.6 is 0 Å². The summed E-state index contributed by atoms with van der Waals surface area (Å²) in [5, 5.41) is 2.71. The number of nitrogens with zero attached hydrogens (tertiary/aromatic N) is 1. The third-order valence-corrected chi connectivity index (χ3v) is 6.31. The highest BCUT2D eigenvalue weighted by Crippen LogP contribution is 2.16. The van der Waals surface area contributed by atoms with Crippen molar-refractivity contribution in [1.82, 2.24) is 10.2 Å². The van der Waals surface area contributed by atoms with Gasteiger partial charge in [-0.1, -0.05) is 91.9 Å². The van der Waals surface area contributed by atoms with Gasteiger partial charge in [-0.3, -0.25) is 19.3 Å². The predicted octanol–water partition coefficient (Wildman–Crippen LogP) is 4.48. The molecule has 0 heterocycles. The van der Waals surface area contributed by atoms with Crippen molar-refractivity contribution in [2.24, 2.45) is 5.73 Å². The highest BCUT2D eigenvalue weighted by Gasteiger charge is 2.26. The Balaban J connectivity index is 1.75. The lowest BCUT2D eigenvalue weighted by atomic mass is 10.00. The number of rotatable bonds is 12. The normalized spacial score (nSPS) is 12.1. The summed E-state index contributed by atoms with van der Waals surface area (Å²) in [4.78, 5) is 39.6. The Hall–Kier alpha value is -4.03. The average Bonchev–Trinajstić information content (AvgIpc) is 2.90. The molecular formula is C31H35N3O3. The predicted molar refractivity (Wildman–Crippen MR) is 149 cm³/mol. The summed E-state index contributed by atoms with van der Waals surface area (Å²) in [5.41, 5.74) is 9.43. The molecule has 192 valence electrons. The molecule has 0 aromatic heterocycles. The van der Waals surface area contributed by atoms with Gasteiger partial charge < -0.3 is 11.1 Å². The molecule has 0 aliphatic rings. The van der Waals surface area contributed by atoms with E-state index in [1.807, 2.05) is 54.6 Å². The van der Waals surface area contributed by atoms with Gasteiger partial charge in [0.1, 0.15) is 6.04 Å². The van der Waals surface area contributed by atoms with Crippen molar-refractivity contribution in [3.05, 3.63) is 107 Å². The second-order valence-electron chi connectivity index (χ2n) is 9.26. The Morgan fingerprint density at radius 2 is 1.51 bits per heavy atom. The Kier molecular flexibility index (Phi) is 9.92. The van der Waals surface area contributed by atoms with Gasteiger partial charge in [0, 0.05) is 24.6 Å². The zero-order valence-corrected chi connectivity index (χ0v) is 21.7. The van der Waals surface area contributed by atoms with Gasteiger partial charge in [-0.05, 0) is 48.7 Å². The monoisotopic (exact) mass is 497 g/mol. The summed E-state index contributed by atoms with van der Waals surface area (Å²) >= 11 is 0. The Morgan fingerprint density at radius 1 is 0.865 bits per heavy atom. The summed E-state index contributed by atoms with van der Waals surface area (Å²) in [6.07, 6.45) is 4.00. The molecule has 0 spiro atoms. The first kappa shape index (κ1) is 27.6. The van der Waals surface area contributed by atoms with Gasteiger partial charge >= 0.3 is 0 Å². The van der Waals surface area contributed by atoms with Crippen LogP contribution in [0.25, 0.3) is 12.2 Å². The molecular weight excluding hydrogens is 462 g/mol. The molecule has 1 atom stereocenters. The van der Waals surface area contributed by atoms with E-state index in [-0.39, 0.29) is 6.42 Å². The number of hydrogen-bond donors (Lipinski definition) is 2. The number of hydrogen-bond acceptors (Lipinski definition) is 4. The van der Waals surface area contributed by atoms with Crippen molar-refractivity contribution in [2.75, 3.05) is 6.54 Å². The van der Waals surface area contributed by atoms with E-state index in [0.29, 0.717) is 17.2 Å². The van der Waals surface area contributed by atoms with Gasteiger partial charge in [-0.2, -0.15) is 0 Å². The molecule has 0 aliphatic heterocycles. The highest BCUT2D eigenvalue weighted by atomic mass is 16.2. The molecule has 0 saturated heterocycles. The zero-order chi connectivity index (χ0) is 26.8. The Morgan fingerprint density at radius 3 is 2.14 bits per heavy atom. The molecule has 3 aromatic carbocycles. The van der Waals surface area contributed by atoms with Crippen LogP contribution in [0, 0.1) is 0 Å². The first-order valence-electron chi connectivity index (χ1n) is 12.6. The first-order chi connectivity index (χ1) is 17.8. The van der Waals surface area contributed by atoms with Crippen molar-refractivity contribution in [2.45, 2.75) is 45.8 Å². The van der Waals surface area contributed by atoms with Gasteiger partial charge in [0.25, 0.3) is 11.8 Å². The number of nitrogens with one attached hydrogen (secondary N) is 1. The number of carbonyl (C=O) groups excluding carboxylic acids is 3. The molecule has 3 rings (SSSR count). The minimum atomic E-state index is -1.08. The van der Waals surface area contributed by atoms with Crippen molar-refractivity contribution < 1.29 is 14.4 Å². The van der Waals surface area contributed by atoms with Crippen molar-refractivity contribution in [1.29, 1.82) is 0 Å². The fourth-order valence-electron chi connectivity index (χ4n) is 4.13. The average molecular weight is 498 g/mol. The third-order valence-electron chi connectivity index (χ3n) is 6.31. The topological polar surface area (TPSA) is 92.5 Å². The zero-order valence-electron chi connectivity index (χ0n) is 21.7. The van der Waals surface area contributed by atoms with Crippen molar-refractivity contribution >= 4 is 29.7 Å². The molecule has 1 unspecified atom stereocenters. The van der Waals surface area contributed by atoms with Crippen LogP contribution in [0.15, 0.2) is 78.9 Å². The van der Waals surface area contributed by atoms with Crippen LogP contribution in [0.5, 0.6) is 0 Å². The summed E-state index contributed by atoms with van der Waals surface area (Å²) in [5.74, 6) is -2.35. The van der Waals surface area contributed by atoms with Crippen molar-refractivity contribution in [3.8, 4) is 0 Å². The van der Waals surface area contributed by atoms with Crippen LogP contribution in [0.3, 0.4) is 0 Å². The fraction of sp³-hybridized carbons (Fsp3) is 0.258. The lowest BCUT2D eigenvalue weighted by Gasteiger charge is -2.24. The summed E-state index contributed by atoms with van der Waals surface area (Å²) in [6.45, 7) is 8.45. The lowest BCUT2D eigenvalue weighted by Crippen LogP contribution is -2.47. The molecule has 6 nitrogen and oxygen atoms in total. The largest absolute Gasteiger partial charge is 0.363 e. The number of amides is 2. The lowest BCUT2D eigenvalue weighted by molar-refractivity contribution is -0.137. The molecule has 3 aromatic rings. The number of primary amides is 1. The van der Waals surface area contributed by atoms with Gasteiger partial charge in [0.2, 0.25) is 5.78 Å².